The van der Waals surface area contributed by atoms with Crippen LogP contribution in [0.3, 0.4) is 0 Å². The van der Waals surface area contributed by atoms with E-state index in [1.807, 2.05) is 25.1 Å². The second-order valence-electron chi connectivity index (χ2n) is 5.47. The molecule has 1 atom stereocenters. The molecule has 0 fully saturated rings. The predicted octanol–water partition coefficient (Wildman–Crippen LogP) is 2.32. The number of hydrogen-bond acceptors (Lipinski definition) is 3. The molecule has 7 heteroatoms. The number of amides is 1. The van der Waals surface area contributed by atoms with Crippen LogP contribution in [0.5, 0.6) is 0 Å². The molecular formula is C17H27IN4O2. The molecule has 3 N–H and O–H groups in total. The lowest BCUT2D eigenvalue weighted by atomic mass is 9.90. The van der Waals surface area contributed by atoms with Gasteiger partial charge in [-0.2, -0.15) is 0 Å². The molecule has 0 bridgehead atoms. The van der Waals surface area contributed by atoms with Gasteiger partial charge in [0.2, 0.25) is 5.91 Å². The zero-order chi connectivity index (χ0) is 16.5. The van der Waals surface area contributed by atoms with E-state index in [-0.39, 0.29) is 35.8 Å². The minimum atomic E-state index is 0. The smallest absolute Gasteiger partial charge is 0.225 e. The molecule has 0 saturated carbocycles. The molecule has 0 radical (unpaired) electrons. The first-order chi connectivity index (χ1) is 11.2. The monoisotopic (exact) mass is 446 g/mol. The summed E-state index contributed by atoms with van der Waals surface area (Å²) in [5, 5.41) is 9.49. The van der Waals surface area contributed by atoms with Crippen molar-refractivity contribution in [1.29, 1.82) is 0 Å². The number of carbonyl (C=O) groups excluding carboxylic acids is 1. The Bertz CT molecular complexity index is 551. The molecule has 24 heavy (non-hydrogen) atoms. The summed E-state index contributed by atoms with van der Waals surface area (Å²) in [5.41, 5.74) is 2.08. The van der Waals surface area contributed by atoms with Crippen molar-refractivity contribution in [2.45, 2.75) is 25.7 Å². The van der Waals surface area contributed by atoms with Crippen LogP contribution in [0.4, 0.5) is 5.69 Å². The average molecular weight is 446 g/mol. The van der Waals surface area contributed by atoms with Crippen LogP contribution in [0, 0.1) is 0 Å². The van der Waals surface area contributed by atoms with Crippen molar-refractivity contribution in [2.24, 2.45) is 4.99 Å². The third-order valence-electron chi connectivity index (χ3n) is 3.81. The summed E-state index contributed by atoms with van der Waals surface area (Å²) in [7, 11) is 1.75. The SMILES string of the molecule is CCOCCCNC(=NC)NCC1CC(=O)Nc2ccccc21.I. The third-order valence-corrected chi connectivity index (χ3v) is 3.81. The summed E-state index contributed by atoms with van der Waals surface area (Å²) >= 11 is 0. The molecule has 0 spiro atoms. The van der Waals surface area contributed by atoms with Crippen molar-refractivity contribution in [3.63, 3.8) is 0 Å². The molecule has 6 nitrogen and oxygen atoms in total. The highest BCUT2D eigenvalue weighted by Gasteiger charge is 2.24. The van der Waals surface area contributed by atoms with E-state index >= 15 is 0 Å². The number of nitrogens with one attached hydrogen (secondary N) is 3. The van der Waals surface area contributed by atoms with Gasteiger partial charge in [-0.05, 0) is 25.0 Å². The van der Waals surface area contributed by atoms with Gasteiger partial charge in [0.1, 0.15) is 0 Å². The Morgan fingerprint density at radius 2 is 2.17 bits per heavy atom. The molecule has 2 rings (SSSR count). The zero-order valence-electron chi connectivity index (χ0n) is 14.3. The molecule has 1 amide bonds. The Hall–Kier alpha value is -1.35. The quantitative estimate of drug-likeness (QED) is 0.260. The zero-order valence-corrected chi connectivity index (χ0v) is 16.6. The van der Waals surface area contributed by atoms with Crippen molar-refractivity contribution in [3.8, 4) is 0 Å². The van der Waals surface area contributed by atoms with E-state index in [1.165, 1.54) is 5.56 Å². The Labute approximate surface area is 160 Å². The van der Waals surface area contributed by atoms with Gasteiger partial charge in [0, 0.05) is 51.4 Å². The number of fused-ring (bicyclic) bond motifs is 1. The first-order valence-corrected chi connectivity index (χ1v) is 8.15. The van der Waals surface area contributed by atoms with Gasteiger partial charge in [0.15, 0.2) is 5.96 Å². The number of guanidine groups is 1. The summed E-state index contributed by atoms with van der Waals surface area (Å²) in [5.74, 6) is 0.974. The lowest BCUT2D eigenvalue weighted by Gasteiger charge is -2.26. The van der Waals surface area contributed by atoms with E-state index in [0.717, 1.165) is 37.8 Å². The normalized spacial score (nSPS) is 16.7. The van der Waals surface area contributed by atoms with Gasteiger partial charge in [-0.25, -0.2) is 0 Å². The third kappa shape index (κ3) is 6.27. The highest BCUT2D eigenvalue weighted by Crippen LogP contribution is 2.31. The molecule has 1 aliphatic rings. The van der Waals surface area contributed by atoms with Crippen molar-refractivity contribution >= 4 is 41.5 Å². The van der Waals surface area contributed by atoms with Gasteiger partial charge < -0.3 is 20.7 Å². The number of benzene rings is 1. The van der Waals surface area contributed by atoms with Crippen molar-refractivity contribution in [1.82, 2.24) is 10.6 Å². The summed E-state index contributed by atoms with van der Waals surface area (Å²) in [6, 6.07) is 7.96. The van der Waals surface area contributed by atoms with Gasteiger partial charge in [-0.1, -0.05) is 18.2 Å². The van der Waals surface area contributed by atoms with Crippen LogP contribution in [0.15, 0.2) is 29.3 Å². The maximum Gasteiger partial charge on any atom is 0.225 e. The second-order valence-corrected chi connectivity index (χ2v) is 5.47. The standard InChI is InChI=1S/C17H26N4O2.HI/c1-3-23-10-6-9-19-17(18-2)20-12-13-11-16(22)21-15-8-5-4-7-14(13)15;/h4-5,7-8,13H,3,6,9-12H2,1-2H3,(H,21,22)(H2,18,19,20);1H. The summed E-state index contributed by atoms with van der Waals surface area (Å²) < 4.78 is 5.31. The molecule has 134 valence electrons. The van der Waals surface area contributed by atoms with E-state index in [4.69, 9.17) is 4.74 Å². The Morgan fingerprint density at radius 3 is 2.92 bits per heavy atom. The van der Waals surface area contributed by atoms with Crippen molar-refractivity contribution in [2.75, 3.05) is 38.7 Å². The minimum absolute atomic E-state index is 0. The van der Waals surface area contributed by atoms with Crippen LogP contribution < -0.4 is 16.0 Å². The molecule has 0 saturated heterocycles. The summed E-state index contributed by atoms with van der Waals surface area (Å²) in [6.07, 6.45) is 1.43. The second kappa shape index (κ2) is 11.2. The number of para-hydroxylation sites is 1. The fourth-order valence-corrected chi connectivity index (χ4v) is 2.65. The van der Waals surface area contributed by atoms with Crippen LogP contribution in [0.25, 0.3) is 0 Å². The van der Waals surface area contributed by atoms with Crippen LogP contribution in [0.1, 0.15) is 31.2 Å². The van der Waals surface area contributed by atoms with Gasteiger partial charge in [-0.3, -0.25) is 9.79 Å². The first kappa shape index (κ1) is 20.7. The number of ether oxygens (including phenoxy) is 1. The summed E-state index contributed by atoms with van der Waals surface area (Å²) in [4.78, 5) is 16.0. The number of carbonyl (C=O) groups is 1. The maximum absolute atomic E-state index is 11.8. The molecule has 1 unspecified atom stereocenters. The molecule has 1 aromatic carbocycles. The van der Waals surface area contributed by atoms with Crippen molar-refractivity contribution in [3.05, 3.63) is 29.8 Å². The van der Waals surface area contributed by atoms with Gasteiger partial charge in [0.25, 0.3) is 0 Å². The molecule has 1 heterocycles. The van der Waals surface area contributed by atoms with E-state index < -0.39 is 0 Å². The number of hydrogen-bond donors (Lipinski definition) is 3. The Morgan fingerprint density at radius 1 is 1.38 bits per heavy atom. The molecule has 1 aliphatic heterocycles. The summed E-state index contributed by atoms with van der Waals surface area (Å²) in [6.45, 7) is 4.97. The average Bonchev–Trinajstić information content (AvgIpc) is 2.57. The number of aliphatic imine (C=N–C) groups is 1. The lowest BCUT2D eigenvalue weighted by Crippen LogP contribution is -2.41. The minimum Gasteiger partial charge on any atom is -0.382 e. The van der Waals surface area contributed by atoms with E-state index in [0.29, 0.717) is 13.0 Å². The highest BCUT2D eigenvalue weighted by atomic mass is 127. The Kier molecular flexibility index (Phi) is 9.70. The van der Waals surface area contributed by atoms with E-state index in [9.17, 15) is 4.79 Å². The van der Waals surface area contributed by atoms with Crippen LogP contribution in [0.2, 0.25) is 0 Å². The van der Waals surface area contributed by atoms with Crippen molar-refractivity contribution < 1.29 is 9.53 Å². The molecule has 1 aromatic rings. The van der Waals surface area contributed by atoms with Crippen LogP contribution in [-0.4, -0.2) is 45.2 Å². The van der Waals surface area contributed by atoms with Gasteiger partial charge in [0.05, 0.1) is 0 Å². The predicted molar refractivity (Wildman–Crippen MR) is 108 cm³/mol. The highest BCUT2D eigenvalue weighted by molar-refractivity contribution is 14.0. The molecule has 0 aromatic heterocycles. The van der Waals surface area contributed by atoms with Crippen LogP contribution >= 0.6 is 24.0 Å². The fourth-order valence-electron chi connectivity index (χ4n) is 2.65. The number of rotatable bonds is 7. The largest absolute Gasteiger partial charge is 0.382 e. The first-order valence-electron chi connectivity index (χ1n) is 8.15. The molecular weight excluding hydrogens is 419 g/mol. The maximum atomic E-state index is 11.8. The van der Waals surface area contributed by atoms with E-state index in [1.54, 1.807) is 7.05 Å². The topological polar surface area (TPSA) is 74.8 Å². The van der Waals surface area contributed by atoms with Gasteiger partial charge in [-0.15, -0.1) is 24.0 Å². The fraction of sp³-hybridized carbons (Fsp3) is 0.529. The van der Waals surface area contributed by atoms with Gasteiger partial charge >= 0.3 is 0 Å². The Balaban J connectivity index is 0.00000288. The number of halogens is 1. The number of anilines is 1. The lowest BCUT2D eigenvalue weighted by molar-refractivity contribution is -0.116. The van der Waals surface area contributed by atoms with Crippen LogP contribution in [-0.2, 0) is 9.53 Å². The number of nitrogens with zero attached hydrogens (tertiary/aromatic N) is 1. The van der Waals surface area contributed by atoms with E-state index in [2.05, 4.69) is 27.0 Å². The molecule has 0 aliphatic carbocycles.